The summed E-state index contributed by atoms with van der Waals surface area (Å²) in [6.45, 7) is 7.85. The molecule has 1 fully saturated rings. The van der Waals surface area contributed by atoms with Crippen LogP contribution in [0.15, 0.2) is 18.2 Å². The predicted molar refractivity (Wildman–Crippen MR) is 90.9 cm³/mol. The van der Waals surface area contributed by atoms with Crippen LogP contribution in [-0.2, 0) is 14.6 Å². The van der Waals surface area contributed by atoms with Crippen LogP contribution in [0.25, 0.3) is 0 Å². The van der Waals surface area contributed by atoms with Gasteiger partial charge in [-0.3, -0.25) is 9.69 Å². The minimum atomic E-state index is -3.51. The van der Waals surface area contributed by atoms with Gasteiger partial charge in [0.25, 0.3) is 0 Å². The fourth-order valence-corrected chi connectivity index (χ4v) is 3.96. The summed E-state index contributed by atoms with van der Waals surface area (Å²) in [6.07, 6.45) is 0. The molecule has 0 saturated carbocycles. The first kappa shape index (κ1) is 17.7. The number of carbonyl (C=O) groups is 1. The monoisotopic (exact) mass is 340 g/mol. The lowest BCUT2D eigenvalue weighted by atomic mass is 10.1. The third kappa shape index (κ3) is 5.21. The highest BCUT2D eigenvalue weighted by Crippen LogP contribution is 2.22. The number of aliphatic carboxylic acids is 1. The van der Waals surface area contributed by atoms with Gasteiger partial charge in [0.15, 0.2) is 9.84 Å². The molecule has 0 unspecified atom stereocenters. The van der Waals surface area contributed by atoms with E-state index in [0.29, 0.717) is 6.54 Å². The van der Waals surface area contributed by atoms with Gasteiger partial charge >= 0.3 is 5.97 Å². The van der Waals surface area contributed by atoms with E-state index in [-0.39, 0.29) is 5.75 Å². The zero-order valence-electron chi connectivity index (χ0n) is 13.7. The molecule has 7 heteroatoms. The first-order valence-corrected chi connectivity index (χ1v) is 9.56. The van der Waals surface area contributed by atoms with Gasteiger partial charge < -0.3 is 10.0 Å². The Morgan fingerprint density at radius 3 is 2.39 bits per heavy atom. The molecule has 0 spiro atoms. The summed E-state index contributed by atoms with van der Waals surface area (Å²) in [5.41, 5.74) is 3.73. The topological polar surface area (TPSA) is 77.9 Å². The average Bonchev–Trinajstić information content (AvgIpc) is 2.45. The molecule has 1 aromatic rings. The molecule has 0 bridgehead atoms. The van der Waals surface area contributed by atoms with Crippen LogP contribution in [0.1, 0.15) is 11.1 Å². The highest BCUT2D eigenvalue weighted by atomic mass is 32.2. The number of carboxylic acids is 1. The van der Waals surface area contributed by atoms with Crippen molar-refractivity contribution in [1.82, 2.24) is 4.90 Å². The quantitative estimate of drug-likeness (QED) is 0.830. The second kappa shape index (κ2) is 7.31. The van der Waals surface area contributed by atoms with Crippen LogP contribution in [0.5, 0.6) is 0 Å². The van der Waals surface area contributed by atoms with Gasteiger partial charge in [-0.1, -0.05) is 17.7 Å². The van der Waals surface area contributed by atoms with Crippen molar-refractivity contribution in [3.05, 3.63) is 29.3 Å². The number of sulfone groups is 1. The Hall–Kier alpha value is -1.60. The predicted octanol–water partition coefficient (Wildman–Crippen LogP) is 0.925. The van der Waals surface area contributed by atoms with Crippen molar-refractivity contribution in [3.63, 3.8) is 0 Å². The van der Waals surface area contributed by atoms with Crippen LogP contribution in [0.2, 0.25) is 0 Å². The first-order chi connectivity index (χ1) is 10.8. The van der Waals surface area contributed by atoms with E-state index in [9.17, 15) is 13.2 Å². The largest absolute Gasteiger partial charge is 0.480 e. The normalized spacial score (nSPS) is 16.5. The van der Waals surface area contributed by atoms with Crippen molar-refractivity contribution in [2.24, 2.45) is 0 Å². The van der Waals surface area contributed by atoms with E-state index in [4.69, 9.17) is 5.11 Å². The van der Waals surface area contributed by atoms with E-state index < -0.39 is 21.6 Å². The van der Waals surface area contributed by atoms with E-state index in [1.165, 1.54) is 16.8 Å². The number of hydrogen-bond donors (Lipinski definition) is 1. The van der Waals surface area contributed by atoms with Crippen LogP contribution in [0, 0.1) is 13.8 Å². The van der Waals surface area contributed by atoms with Gasteiger partial charge in [-0.15, -0.1) is 0 Å². The molecular weight excluding hydrogens is 316 g/mol. The van der Waals surface area contributed by atoms with E-state index in [1.54, 1.807) is 0 Å². The number of piperazine rings is 1. The van der Waals surface area contributed by atoms with Crippen LogP contribution in [0.4, 0.5) is 5.69 Å². The smallest absolute Gasteiger partial charge is 0.318 e. The number of benzene rings is 1. The summed E-state index contributed by atoms with van der Waals surface area (Å²) in [5.74, 6) is -2.16. The Morgan fingerprint density at radius 1 is 1.17 bits per heavy atom. The Labute approximate surface area is 137 Å². The van der Waals surface area contributed by atoms with Crippen LogP contribution in [-0.4, -0.2) is 68.6 Å². The van der Waals surface area contributed by atoms with Crippen molar-refractivity contribution in [2.75, 3.05) is 49.1 Å². The number of hydrogen-bond acceptors (Lipinski definition) is 5. The second-order valence-corrected chi connectivity index (χ2v) is 8.29. The van der Waals surface area contributed by atoms with Crippen molar-refractivity contribution in [1.29, 1.82) is 0 Å². The third-order valence-electron chi connectivity index (χ3n) is 4.13. The van der Waals surface area contributed by atoms with Gasteiger partial charge in [-0.05, 0) is 25.5 Å². The lowest BCUT2D eigenvalue weighted by Gasteiger charge is -2.36. The zero-order chi connectivity index (χ0) is 17.0. The summed E-state index contributed by atoms with van der Waals surface area (Å²) in [4.78, 5) is 14.9. The van der Waals surface area contributed by atoms with E-state index >= 15 is 0 Å². The summed E-state index contributed by atoms with van der Waals surface area (Å²) in [6, 6.07) is 6.41. The Bertz CT molecular complexity index is 665. The van der Waals surface area contributed by atoms with Crippen LogP contribution in [0.3, 0.4) is 0 Å². The molecule has 1 aliphatic rings. The molecule has 1 N–H and O–H groups in total. The molecule has 0 atom stereocenters. The van der Waals surface area contributed by atoms with Crippen LogP contribution >= 0.6 is 0 Å². The Kier molecular flexibility index (Phi) is 5.64. The molecule has 128 valence electrons. The van der Waals surface area contributed by atoms with Crippen molar-refractivity contribution in [3.8, 4) is 0 Å². The zero-order valence-corrected chi connectivity index (χ0v) is 14.5. The summed E-state index contributed by atoms with van der Waals surface area (Å²) >= 11 is 0. The maximum Gasteiger partial charge on any atom is 0.318 e. The molecule has 1 aromatic carbocycles. The van der Waals surface area contributed by atoms with Crippen molar-refractivity contribution < 1.29 is 18.3 Å². The fourth-order valence-electron chi connectivity index (χ4n) is 2.90. The molecule has 0 aliphatic carbocycles. The molecule has 6 nitrogen and oxygen atoms in total. The average molecular weight is 340 g/mol. The lowest BCUT2D eigenvalue weighted by molar-refractivity contribution is -0.134. The Morgan fingerprint density at radius 2 is 1.83 bits per heavy atom. The number of nitrogens with zero attached hydrogens (tertiary/aromatic N) is 2. The molecule has 0 aromatic heterocycles. The van der Waals surface area contributed by atoms with Crippen molar-refractivity contribution >= 4 is 21.5 Å². The van der Waals surface area contributed by atoms with Gasteiger partial charge in [-0.2, -0.15) is 0 Å². The highest BCUT2D eigenvalue weighted by Gasteiger charge is 2.21. The number of carboxylic acid groups (broad SMARTS) is 1. The van der Waals surface area contributed by atoms with Gasteiger partial charge in [0, 0.05) is 38.4 Å². The van der Waals surface area contributed by atoms with E-state index in [1.807, 2.05) is 0 Å². The van der Waals surface area contributed by atoms with Gasteiger partial charge in [0.1, 0.15) is 5.75 Å². The molecule has 2 rings (SSSR count). The first-order valence-electron chi connectivity index (χ1n) is 7.73. The second-order valence-electron chi connectivity index (χ2n) is 6.10. The molecule has 23 heavy (non-hydrogen) atoms. The van der Waals surface area contributed by atoms with Crippen molar-refractivity contribution in [2.45, 2.75) is 13.8 Å². The van der Waals surface area contributed by atoms with Gasteiger partial charge in [0.05, 0.1) is 5.75 Å². The summed E-state index contributed by atoms with van der Waals surface area (Å²) in [7, 11) is -3.51. The van der Waals surface area contributed by atoms with E-state index in [0.717, 1.165) is 26.2 Å². The molecule has 0 radical (unpaired) electrons. The molecule has 1 heterocycles. The van der Waals surface area contributed by atoms with Gasteiger partial charge in [0.2, 0.25) is 0 Å². The number of rotatable bonds is 6. The minimum absolute atomic E-state index is 0.0944. The standard InChI is InChI=1S/C16H24N2O4S/c1-13-3-4-15(14(2)11-13)18-7-5-17(6-8-18)9-10-23(21,22)12-16(19)20/h3-4,11H,5-10,12H2,1-2H3,(H,19,20). The van der Waals surface area contributed by atoms with Crippen LogP contribution < -0.4 is 4.90 Å². The summed E-state index contributed by atoms with van der Waals surface area (Å²) < 4.78 is 23.3. The molecule has 0 amide bonds. The number of aryl methyl sites for hydroxylation is 2. The molecule has 1 aliphatic heterocycles. The maximum absolute atomic E-state index is 11.6. The summed E-state index contributed by atoms with van der Waals surface area (Å²) in [5, 5.41) is 8.59. The fraction of sp³-hybridized carbons (Fsp3) is 0.562. The number of anilines is 1. The van der Waals surface area contributed by atoms with Gasteiger partial charge in [-0.25, -0.2) is 8.42 Å². The highest BCUT2D eigenvalue weighted by molar-refractivity contribution is 7.92. The SMILES string of the molecule is Cc1ccc(N2CCN(CCS(=O)(=O)CC(=O)O)CC2)c(C)c1. The molecular formula is C16H24N2O4S. The maximum atomic E-state index is 11.6. The molecule has 1 saturated heterocycles. The minimum Gasteiger partial charge on any atom is -0.480 e. The third-order valence-corrected chi connectivity index (χ3v) is 5.62. The lowest BCUT2D eigenvalue weighted by Crippen LogP contribution is -2.48. The van der Waals surface area contributed by atoms with E-state index in [2.05, 4.69) is 41.8 Å². The Balaban J connectivity index is 1.85.